The number of carboxylic acids is 1. The minimum Gasteiger partial charge on any atom is -0.495 e. The van der Waals surface area contributed by atoms with Crippen LogP contribution in [0.4, 0.5) is 0 Å². The monoisotopic (exact) mass is 220 g/mol. The quantitative estimate of drug-likeness (QED) is 0.834. The molecule has 1 N–H and O–H groups in total. The van der Waals surface area contributed by atoms with Crippen LogP contribution < -0.4 is 4.74 Å². The van der Waals surface area contributed by atoms with E-state index in [4.69, 9.17) is 9.84 Å². The average Bonchev–Trinajstić information content (AvgIpc) is 2.53. The van der Waals surface area contributed by atoms with Gasteiger partial charge in [-0.1, -0.05) is 0 Å². The number of aromatic carboxylic acids is 1. The number of nitrogens with zero attached hydrogens (tertiary/aromatic N) is 2. The average molecular weight is 220 g/mol. The standard InChI is InChI=1S/C11H12N2O3/c1-6-9-8(13(2)12-6)5-4-7(11(14)15)10(9)16-3/h4-5H,1-3H3,(H,14,15). The van der Waals surface area contributed by atoms with E-state index in [0.717, 1.165) is 16.6 Å². The van der Waals surface area contributed by atoms with Gasteiger partial charge in [-0.05, 0) is 19.1 Å². The number of ether oxygens (including phenoxy) is 1. The molecule has 0 radical (unpaired) electrons. The first-order valence-electron chi connectivity index (χ1n) is 4.80. The maximum atomic E-state index is 11.0. The summed E-state index contributed by atoms with van der Waals surface area (Å²) in [5, 5.41) is 14.0. The number of hydrogen-bond donors (Lipinski definition) is 1. The van der Waals surface area contributed by atoms with Crippen LogP contribution in [0.1, 0.15) is 16.1 Å². The Morgan fingerprint density at radius 2 is 2.19 bits per heavy atom. The van der Waals surface area contributed by atoms with Gasteiger partial charge in [0.2, 0.25) is 0 Å². The summed E-state index contributed by atoms with van der Waals surface area (Å²) in [7, 11) is 3.28. The first-order valence-corrected chi connectivity index (χ1v) is 4.80. The molecule has 0 amide bonds. The van der Waals surface area contributed by atoms with E-state index in [1.54, 1.807) is 10.7 Å². The number of carboxylic acid groups (broad SMARTS) is 1. The van der Waals surface area contributed by atoms with Crippen LogP contribution in [0.3, 0.4) is 0 Å². The number of benzene rings is 1. The minimum absolute atomic E-state index is 0.158. The second kappa shape index (κ2) is 3.52. The number of hydrogen-bond acceptors (Lipinski definition) is 3. The van der Waals surface area contributed by atoms with Crippen molar-refractivity contribution in [2.24, 2.45) is 7.05 Å². The second-order valence-corrected chi connectivity index (χ2v) is 3.55. The highest BCUT2D eigenvalue weighted by molar-refractivity contribution is 6.00. The van der Waals surface area contributed by atoms with Gasteiger partial charge < -0.3 is 9.84 Å². The molecule has 5 nitrogen and oxygen atoms in total. The van der Waals surface area contributed by atoms with E-state index in [-0.39, 0.29) is 5.56 Å². The van der Waals surface area contributed by atoms with Crippen molar-refractivity contribution in [1.29, 1.82) is 0 Å². The summed E-state index contributed by atoms with van der Waals surface area (Å²) in [4.78, 5) is 11.0. The molecule has 0 fully saturated rings. The van der Waals surface area contributed by atoms with Crippen LogP contribution in [0.15, 0.2) is 12.1 Å². The number of carbonyl (C=O) groups is 1. The molecule has 5 heteroatoms. The smallest absolute Gasteiger partial charge is 0.339 e. The van der Waals surface area contributed by atoms with Crippen molar-refractivity contribution < 1.29 is 14.6 Å². The molecule has 2 aromatic rings. The summed E-state index contributed by atoms with van der Waals surface area (Å²) in [6, 6.07) is 3.27. The first kappa shape index (κ1) is 10.5. The fourth-order valence-electron chi connectivity index (χ4n) is 1.90. The molecule has 0 unspecified atom stereocenters. The summed E-state index contributed by atoms with van der Waals surface area (Å²) in [6.07, 6.45) is 0. The molecule has 84 valence electrons. The lowest BCUT2D eigenvalue weighted by Gasteiger charge is -2.06. The molecular formula is C11H12N2O3. The Labute approximate surface area is 92.2 Å². The molecule has 1 heterocycles. The van der Waals surface area contributed by atoms with E-state index >= 15 is 0 Å². The van der Waals surface area contributed by atoms with E-state index < -0.39 is 5.97 Å². The Bertz CT molecular complexity index is 572. The van der Waals surface area contributed by atoms with Gasteiger partial charge in [-0.3, -0.25) is 4.68 Å². The molecule has 0 saturated heterocycles. The number of methoxy groups -OCH3 is 1. The minimum atomic E-state index is -0.998. The predicted octanol–water partition coefficient (Wildman–Crippen LogP) is 1.59. The Morgan fingerprint density at radius 3 is 2.75 bits per heavy atom. The number of aryl methyl sites for hydroxylation is 2. The lowest BCUT2D eigenvalue weighted by molar-refractivity contribution is 0.0693. The van der Waals surface area contributed by atoms with Crippen molar-refractivity contribution in [2.75, 3.05) is 7.11 Å². The maximum Gasteiger partial charge on any atom is 0.339 e. The summed E-state index contributed by atoms with van der Waals surface area (Å²) < 4.78 is 6.89. The Morgan fingerprint density at radius 1 is 1.50 bits per heavy atom. The van der Waals surface area contributed by atoms with Gasteiger partial charge in [-0.15, -0.1) is 0 Å². The lowest BCUT2D eigenvalue weighted by atomic mass is 10.1. The van der Waals surface area contributed by atoms with Crippen LogP contribution >= 0.6 is 0 Å². The predicted molar refractivity (Wildman–Crippen MR) is 59.0 cm³/mol. The van der Waals surface area contributed by atoms with Crippen molar-refractivity contribution in [3.8, 4) is 5.75 Å². The zero-order valence-corrected chi connectivity index (χ0v) is 9.31. The van der Waals surface area contributed by atoms with Crippen LogP contribution in [0, 0.1) is 6.92 Å². The highest BCUT2D eigenvalue weighted by Gasteiger charge is 2.18. The largest absolute Gasteiger partial charge is 0.495 e. The lowest BCUT2D eigenvalue weighted by Crippen LogP contribution is -2.01. The molecule has 16 heavy (non-hydrogen) atoms. The van der Waals surface area contributed by atoms with E-state index in [1.807, 2.05) is 14.0 Å². The van der Waals surface area contributed by atoms with Crippen molar-refractivity contribution in [3.05, 3.63) is 23.4 Å². The van der Waals surface area contributed by atoms with Gasteiger partial charge in [0.05, 0.1) is 23.7 Å². The second-order valence-electron chi connectivity index (χ2n) is 3.55. The van der Waals surface area contributed by atoms with Gasteiger partial charge in [0.1, 0.15) is 11.3 Å². The molecule has 2 rings (SSSR count). The van der Waals surface area contributed by atoms with E-state index in [0.29, 0.717) is 5.75 Å². The fourth-order valence-corrected chi connectivity index (χ4v) is 1.90. The van der Waals surface area contributed by atoms with Crippen LogP contribution in [0.5, 0.6) is 5.75 Å². The van der Waals surface area contributed by atoms with Gasteiger partial charge in [0.15, 0.2) is 0 Å². The zero-order valence-electron chi connectivity index (χ0n) is 9.31. The third kappa shape index (κ3) is 1.32. The Balaban J connectivity index is 2.90. The summed E-state index contributed by atoms with van der Waals surface area (Å²) in [6.45, 7) is 1.83. The number of aromatic nitrogens is 2. The molecular weight excluding hydrogens is 208 g/mol. The van der Waals surface area contributed by atoms with E-state index in [2.05, 4.69) is 5.10 Å². The maximum absolute atomic E-state index is 11.0. The van der Waals surface area contributed by atoms with Crippen LogP contribution in [-0.2, 0) is 7.05 Å². The highest BCUT2D eigenvalue weighted by Crippen LogP contribution is 2.31. The fraction of sp³-hybridized carbons (Fsp3) is 0.273. The Kier molecular flexibility index (Phi) is 2.30. The van der Waals surface area contributed by atoms with Gasteiger partial charge in [0, 0.05) is 7.05 Å². The molecule has 0 aliphatic carbocycles. The third-order valence-corrected chi connectivity index (χ3v) is 2.58. The van der Waals surface area contributed by atoms with E-state index in [9.17, 15) is 4.79 Å². The molecule has 0 aliphatic heterocycles. The van der Waals surface area contributed by atoms with E-state index in [1.165, 1.54) is 13.2 Å². The van der Waals surface area contributed by atoms with Crippen molar-refractivity contribution >= 4 is 16.9 Å². The zero-order chi connectivity index (χ0) is 11.9. The van der Waals surface area contributed by atoms with Crippen molar-refractivity contribution in [3.63, 3.8) is 0 Å². The van der Waals surface area contributed by atoms with Gasteiger partial charge in [-0.2, -0.15) is 5.10 Å². The third-order valence-electron chi connectivity index (χ3n) is 2.58. The van der Waals surface area contributed by atoms with Crippen LogP contribution in [0.2, 0.25) is 0 Å². The molecule has 1 aromatic carbocycles. The molecule has 0 saturated carbocycles. The molecule has 0 spiro atoms. The van der Waals surface area contributed by atoms with Gasteiger partial charge >= 0.3 is 5.97 Å². The Hall–Kier alpha value is -2.04. The van der Waals surface area contributed by atoms with Gasteiger partial charge in [0.25, 0.3) is 0 Å². The van der Waals surface area contributed by atoms with Crippen LogP contribution in [0.25, 0.3) is 10.9 Å². The van der Waals surface area contributed by atoms with Crippen LogP contribution in [-0.4, -0.2) is 28.0 Å². The van der Waals surface area contributed by atoms with Crippen molar-refractivity contribution in [1.82, 2.24) is 9.78 Å². The summed E-state index contributed by atoms with van der Waals surface area (Å²) >= 11 is 0. The summed E-state index contributed by atoms with van der Waals surface area (Å²) in [5.74, 6) is -0.627. The first-order chi connectivity index (χ1) is 7.56. The molecule has 1 aromatic heterocycles. The normalized spacial score (nSPS) is 10.7. The SMILES string of the molecule is COc1c(C(=O)O)ccc2c1c(C)nn2C. The molecule has 0 bridgehead atoms. The van der Waals surface area contributed by atoms with Gasteiger partial charge in [-0.25, -0.2) is 4.79 Å². The summed E-state index contributed by atoms with van der Waals surface area (Å²) in [5.41, 5.74) is 1.78. The highest BCUT2D eigenvalue weighted by atomic mass is 16.5. The molecule has 0 atom stereocenters. The number of rotatable bonds is 2. The number of fused-ring (bicyclic) bond motifs is 1. The van der Waals surface area contributed by atoms with Crippen molar-refractivity contribution in [2.45, 2.75) is 6.92 Å². The molecule has 0 aliphatic rings. The topological polar surface area (TPSA) is 64.3 Å².